The van der Waals surface area contributed by atoms with Crippen molar-refractivity contribution in [2.24, 2.45) is 11.8 Å². The number of nitrogens with one attached hydrogen (secondary N) is 1. The average molecular weight is 423 g/mol. The molecule has 0 aromatic heterocycles. The van der Waals surface area contributed by atoms with Gasteiger partial charge in [-0.05, 0) is 44.9 Å². The number of carbonyl (C=O) groups is 3. The smallest absolute Gasteiger partial charge is 0.291 e. The van der Waals surface area contributed by atoms with Crippen molar-refractivity contribution in [2.45, 2.75) is 44.3 Å². The Morgan fingerprint density at radius 2 is 1.96 bits per heavy atom. The van der Waals surface area contributed by atoms with Crippen LogP contribution in [0.15, 0.2) is 18.2 Å². The van der Waals surface area contributed by atoms with E-state index >= 15 is 0 Å². The molecule has 0 saturated carbocycles. The van der Waals surface area contributed by atoms with E-state index in [1.807, 2.05) is 38.4 Å². The number of hydrogen-bond acceptors (Lipinski definition) is 4. The maximum Gasteiger partial charge on any atom is 0.291 e. The summed E-state index contributed by atoms with van der Waals surface area (Å²) in [5.41, 5.74) is -0.496. The van der Waals surface area contributed by atoms with Crippen LogP contribution in [0.4, 0.5) is 5.69 Å². The van der Waals surface area contributed by atoms with Gasteiger partial charge in [-0.25, -0.2) is 0 Å². The Bertz CT molecular complexity index is 884. The van der Waals surface area contributed by atoms with Gasteiger partial charge in [0.2, 0.25) is 17.4 Å². The summed E-state index contributed by atoms with van der Waals surface area (Å²) in [4.78, 5) is 41.6. The lowest BCUT2D eigenvalue weighted by atomic mass is 9.76. The first-order chi connectivity index (χ1) is 13.1. The first-order valence-electron chi connectivity index (χ1n) is 9.48. The van der Waals surface area contributed by atoms with Crippen molar-refractivity contribution in [3.8, 4) is 0 Å². The van der Waals surface area contributed by atoms with Crippen LogP contribution in [0, 0.1) is 11.8 Å². The lowest BCUT2D eigenvalue weighted by Crippen LogP contribution is -2.99. The number of para-hydroxylation sites is 1. The third-order valence-electron chi connectivity index (χ3n) is 6.18. The van der Waals surface area contributed by atoms with Gasteiger partial charge in [0.1, 0.15) is 17.9 Å². The lowest BCUT2D eigenvalue weighted by molar-refractivity contribution is -0.733. The number of carbonyl (C=O) groups excluding carboxylic acids is 3. The van der Waals surface area contributed by atoms with E-state index < -0.39 is 22.9 Å². The minimum atomic E-state index is -1.14. The molecule has 1 aromatic carbocycles. The highest BCUT2D eigenvalue weighted by molar-refractivity contribution is 7.98. The number of nitrogens with zero attached hydrogens (tertiary/aromatic N) is 1. The second-order valence-corrected chi connectivity index (χ2v) is 10.2. The summed E-state index contributed by atoms with van der Waals surface area (Å²) in [5.74, 6) is -1.03. The zero-order valence-electron chi connectivity index (χ0n) is 16.4. The summed E-state index contributed by atoms with van der Waals surface area (Å²) in [6.07, 6.45) is 2.77. The molecule has 28 heavy (non-hydrogen) atoms. The zero-order valence-corrected chi connectivity index (χ0v) is 18.0. The number of hydrogen-bond donors (Lipinski definition) is 2. The monoisotopic (exact) mass is 422 g/mol. The summed E-state index contributed by atoms with van der Waals surface area (Å²) in [7, 11) is 0. The normalized spacial score (nSPS) is 31.5. The van der Waals surface area contributed by atoms with Crippen LogP contribution in [-0.2, 0) is 19.9 Å². The van der Waals surface area contributed by atoms with Gasteiger partial charge in [0, 0.05) is 17.5 Å². The first kappa shape index (κ1) is 19.7. The number of fused-ring (bicyclic) bond motifs is 4. The van der Waals surface area contributed by atoms with Crippen molar-refractivity contribution < 1.29 is 19.7 Å². The van der Waals surface area contributed by atoms with Crippen LogP contribution in [-0.4, -0.2) is 46.2 Å². The van der Waals surface area contributed by atoms with E-state index in [2.05, 4.69) is 5.32 Å². The van der Waals surface area contributed by atoms with Crippen LogP contribution in [0.3, 0.4) is 0 Å². The molecule has 8 heteroatoms. The Labute approximate surface area is 173 Å². The highest BCUT2D eigenvalue weighted by Crippen LogP contribution is 2.51. The van der Waals surface area contributed by atoms with Crippen molar-refractivity contribution in [1.29, 1.82) is 0 Å². The fraction of sp³-hybridized carbons (Fsp3) is 0.550. The van der Waals surface area contributed by atoms with Gasteiger partial charge in [-0.2, -0.15) is 11.8 Å². The van der Waals surface area contributed by atoms with Crippen LogP contribution in [0.25, 0.3) is 0 Å². The number of quaternary nitrogens is 1. The minimum Gasteiger partial charge on any atom is -0.326 e. The molecule has 0 radical (unpaired) electrons. The average Bonchev–Trinajstić information content (AvgIpc) is 3.19. The fourth-order valence-electron chi connectivity index (χ4n) is 5.13. The highest BCUT2D eigenvalue weighted by Gasteiger charge is 2.74. The first-order valence-corrected chi connectivity index (χ1v) is 11.2. The fourth-order valence-corrected chi connectivity index (χ4v) is 5.86. The number of nitrogens with two attached hydrogens (primary N) is 1. The van der Waals surface area contributed by atoms with E-state index in [1.54, 1.807) is 23.9 Å². The molecule has 2 saturated heterocycles. The Kier molecular flexibility index (Phi) is 4.56. The Morgan fingerprint density at radius 3 is 2.61 bits per heavy atom. The quantitative estimate of drug-likeness (QED) is 0.724. The second kappa shape index (κ2) is 6.47. The number of halogens is 1. The summed E-state index contributed by atoms with van der Waals surface area (Å²) in [6, 6.07) is 5.24. The third-order valence-corrected chi connectivity index (χ3v) is 7.14. The summed E-state index contributed by atoms with van der Waals surface area (Å²) >= 11 is 8.03. The lowest BCUT2D eigenvalue weighted by Gasteiger charge is -2.33. The number of rotatable bonds is 3. The van der Waals surface area contributed by atoms with Crippen molar-refractivity contribution in [1.82, 2.24) is 4.90 Å². The molecule has 3 heterocycles. The number of imide groups is 1. The van der Waals surface area contributed by atoms with Crippen LogP contribution >= 0.6 is 23.4 Å². The number of likely N-dealkylation sites (tertiary alicyclic amines) is 1. The maximum atomic E-state index is 13.5. The van der Waals surface area contributed by atoms with E-state index in [0.717, 1.165) is 12.2 Å². The maximum absolute atomic E-state index is 13.5. The Balaban J connectivity index is 1.89. The second-order valence-electron chi connectivity index (χ2n) is 8.78. The van der Waals surface area contributed by atoms with E-state index in [1.165, 1.54) is 4.90 Å². The molecule has 3 aliphatic heterocycles. The van der Waals surface area contributed by atoms with Gasteiger partial charge in [0.15, 0.2) is 0 Å². The van der Waals surface area contributed by atoms with Crippen LogP contribution in [0.1, 0.15) is 32.8 Å². The molecule has 0 aliphatic carbocycles. The molecule has 1 spiro atoms. The van der Waals surface area contributed by atoms with Gasteiger partial charge in [-0.15, -0.1) is 0 Å². The van der Waals surface area contributed by atoms with Gasteiger partial charge < -0.3 is 10.6 Å². The van der Waals surface area contributed by atoms with E-state index in [0.29, 0.717) is 16.3 Å². The number of benzene rings is 1. The summed E-state index contributed by atoms with van der Waals surface area (Å²) < 4.78 is 0. The van der Waals surface area contributed by atoms with Crippen molar-refractivity contribution in [3.05, 3.63) is 28.8 Å². The number of anilines is 1. The van der Waals surface area contributed by atoms with Crippen LogP contribution in [0.5, 0.6) is 0 Å². The molecule has 0 unspecified atom stereocenters. The molecule has 4 atom stereocenters. The van der Waals surface area contributed by atoms with Gasteiger partial charge in [-0.1, -0.05) is 17.7 Å². The molecule has 6 nitrogen and oxygen atoms in total. The van der Waals surface area contributed by atoms with Gasteiger partial charge >= 0.3 is 0 Å². The Morgan fingerprint density at radius 1 is 1.25 bits per heavy atom. The molecular formula is C20H25ClN3O3S+. The topological polar surface area (TPSA) is 83.1 Å². The predicted octanol–water partition coefficient (Wildman–Crippen LogP) is 1.59. The van der Waals surface area contributed by atoms with Crippen molar-refractivity contribution >= 4 is 46.8 Å². The van der Waals surface area contributed by atoms with Crippen molar-refractivity contribution in [2.75, 3.05) is 17.3 Å². The Hall–Kier alpha value is -1.57. The van der Waals surface area contributed by atoms with E-state index in [4.69, 9.17) is 11.6 Å². The zero-order chi connectivity index (χ0) is 20.4. The van der Waals surface area contributed by atoms with Gasteiger partial charge in [0.25, 0.3) is 5.91 Å². The SMILES string of the molecule is CSCC[C@H]1[NH2+][C@]2(C(=O)Nc3c(Cl)cccc32)[C@H]2C(=O)N(C(C)(C)C)C(=O)[C@H]12. The molecule has 2 fully saturated rings. The molecule has 3 N–H and O–H groups in total. The standard InChI is InChI=1S/C20H24ClN3O3S/c1-19(2,3)24-16(25)13-12(8-9-28-4)23-20(14(13)17(24)26)10-6-5-7-11(21)15(10)22-18(20)27/h5-7,12-14,23H,8-9H2,1-4H3,(H,22,27)/p+1/t12-,13-,14-,20+/m1/s1. The molecular weight excluding hydrogens is 398 g/mol. The molecule has 0 bridgehead atoms. The van der Waals surface area contributed by atoms with Gasteiger partial charge in [-0.3, -0.25) is 19.3 Å². The minimum absolute atomic E-state index is 0.128. The molecule has 150 valence electrons. The molecule has 3 aliphatic rings. The summed E-state index contributed by atoms with van der Waals surface area (Å²) in [5, 5.41) is 5.30. The van der Waals surface area contributed by atoms with E-state index in [-0.39, 0.29) is 23.8 Å². The molecule has 3 amide bonds. The predicted molar refractivity (Wildman–Crippen MR) is 109 cm³/mol. The third kappa shape index (κ3) is 2.49. The molecule has 1 aromatic rings. The number of thioether (sulfide) groups is 1. The van der Waals surface area contributed by atoms with Gasteiger partial charge in [0.05, 0.1) is 10.7 Å². The van der Waals surface area contributed by atoms with Crippen LogP contribution < -0.4 is 10.6 Å². The van der Waals surface area contributed by atoms with E-state index in [9.17, 15) is 14.4 Å². The van der Waals surface area contributed by atoms with Crippen molar-refractivity contribution in [3.63, 3.8) is 0 Å². The summed E-state index contributed by atoms with van der Waals surface area (Å²) in [6.45, 7) is 5.57. The highest BCUT2D eigenvalue weighted by atomic mass is 35.5. The largest absolute Gasteiger partial charge is 0.326 e. The molecule has 4 rings (SSSR count). The number of amides is 3. The van der Waals surface area contributed by atoms with Crippen LogP contribution in [0.2, 0.25) is 5.02 Å².